The van der Waals surface area contributed by atoms with Gasteiger partial charge < -0.3 is 10.2 Å². The van der Waals surface area contributed by atoms with Crippen LogP contribution in [0.1, 0.15) is 20.7 Å². The van der Waals surface area contributed by atoms with Crippen LogP contribution in [0.15, 0.2) is 24.3 Å². The van der Waals surface area contributed by atoms with E-state index in [9.17, 15) is 14.7 Å². The van der Waals surface area contributed by atoms with Gasteiger partial charge in [0.25, 0.3) is 5.91 Å². The van der Waals surface area contributed by atoms with Gasteiger partial charge in [0, 0.05) is 0 Å². The number of carboxylic acids is 1. The van der Waals surface area contributed by atoms with Crippen LogP contribution < -0.4 is 0 Å². The third-order valence-electron chi connectivity index (χ3n) is 2.41. The van der Waals surface area contributed by atoms with Crippen molar-refractivity contribution in [1.29, 1.82) is 0 Å². The van der Waals surface area contributed by atoms with Gasteiger partial charge in [-0.05, 0) is 12.1 Å². The van der Waals surface area contributed by atoms with E-state index in [2.05, 4.69) is 0 Å². The lowest BCUT2D eigenvalue weighted by molar-refractivity contribution is -0.0780. The summed E-state index contributed by atoms with van der Waals surface area (Å²) in [5.41, 5.74) is -0.0309. The Labute approximate surface area is 97.0 Å². The van der Waals surface area contributed by atoms with Crippen LogP contribution in [0.3, 0.4) is 0 Å². The summed E-state index contributed by atoms with van der Waals surface area (Å²) in [5, 5.41) is 19.2. The summed E-state index contributed by atoms with van der Waals surface area (Å²) in [6.07, 6.45) is -0.726. The third kappa shape index (κ3) is 2.27. The van der Waals surface area contributed by atoms with E-state index in [0.29, 0.717) is 0 Å². The number of aliphatic hydroxyl groups excluding tert-OH is 1. The number of β-amino-alcohol motifs (C(OH)–C–C–N with tert-alkyl or cyclic N) is 1. The van der Waals surface area contributed by atoms with Gasteiger partial charge in [0.15, 0.2) is 0 Å². The van der Waals surface area contributed by atoms with E-state index < -0.39 is 18.0 Å². The van der Waals surface area contributed by atoms with Crippen LogP contribution in [0.4, 0.5) is 0 Å². The van der Waals surface area contributed by atoms with Gasteiger partial charge in [-0.1, -0.05) is 12.1 Å². The maximum absolute atomic E-state index is 11.9. The van der Waals surface area contributed by atoms with Crippen molar-refractivity contribution >= 4 is 11.9 Å². The minimum atomic E-state index is -1.17. The number of carbonyl (C=O) groups is 2. The fraction of sp³-hybridized carbons (Fsp3) is 0.273. The first-order valence-electron chi connectivity index (χ1n) is 5.04. The Balaban J connectivity index is 2.28. The first kappa shape index (κ1) is 11.6. The third-order valence-corrected chi connectivity index (χ3v) is 2.41. The number of hydrogen-bond donors (Lipinski definition) is 2. The van der Waals surface area contributed by atoms with E-state index >= 15 is 0 Å². The van der Waals surface area contributed by atoms with Crippen LogP contribution in [0.2, 0.25) is 0 Å². The predicted octanol–water partition coefficient (Wildman–Crippen LogP) is 0.133. The summed E-state index contributed by atoms with van der Waals surface area (Å²) in [6.45, 7) is 0.0910. The van der Waals surface area contributed by atoms with Crippen molar-refractivity contribution in [1.82, 2.24) is 5.06 Å². The molecule has 1 heterocycles. The lowest BCUT2D eigenvalue weighted by Crippen LogP contribution is -2.29. The van der Waals surface area contributed by atoms with E-state index in [1.165, 1.54) is 12.1 Å². The Hall–Kier alpha value is -1.92. The van der Waals surface area contributed by atoms with Gasteiger partial charge in [-0.2, -0.15) is 0 Å². The van der Waals surface area contributed by atoms with Gasteiger partial charge in [0.2, 0.25) is 0 Å². The second-order valence-electron chi connectivity index (χ2n) is 3.67. The zero-order valence-corrected chi connectivity index (χ0v) is 8.87. The molecule has 1 fully saturated rings. The van der Waals surface area contributed by atoms with Crippen molar-refractivity contribution in [3.05, 3.63) is 35.4 Å². The topological polar surface area (TPSA) is 87.1 Å². The number of rotatable bonds is 2. The standard InChI is InChI=1S/C11H11NO5/c13-7-5-12(17-6-7)10(14)8-3-1-2-4-9(8)11(15)16/h1-4,7,13H,5-6H2,(H,15,16). The fourth-order valence-corrected chi connectivity index (χ4v) is 1.60. The second kappa shape index (κ2) is 4.52. The molecule has 0 aliphatic carbocycles. The Morgan fingerprint density at radius 1 is 1.29 bits per heavy atom. The van der Waals surface area contributed by atoms with Crippen LogP contribution in [0, 0.1) is 0 Å². The number of nitrogens with zero attached hydrogens (tertiary/aromatic N) is 1. The normalized spacial score (nSPS) is 19.4. The molecule has 1 saturated heterocycles. The molecule has 0 spiro atoms. The smallest absolute Gasteiger partial charge is 0.336 e. The molecule has 1 aromatic rings. The molecule has 1 amide bonds. The summed E-state index contributed by atoms with van der Waals surface area (Å²) in [6, 6.07) is 5.88. The van der Waals surface area contributed by atoms with Crippen LogP contribution in [-0.4, -0.2) is 46.4 Å². The number of benzene rings is 1. The van der Waals surface area contributed by atoms with Crippen LogP contribution in [0.5, 0.6) is 0 Å². The zero-order chi connectivity index (χ0) is 12.4. The molecule has 6 heteroatoms. The summed E-state index contributed by atoms with van der Waals surface area (Å²) >= 11 is 0. The number of aromatic carboxylic acids is 1. The highest BCUT2D eigenvalue weighted by Gasteiger charge is 2.29. The molecule has 90 valence electrons. The minimum Gasteiger partial charge on any atom is -0.478 e. The number of hydrogen-bond acceptors (Lipinski definition) is 4. The predicted molar refractivity (Wildman–Crippen MR) is 56.4 cm³/mol. The van der Waals surface area contributed by atoms with Crippen molar-refractivity contribution in [3.8, 4) is 0 Å². The highest BCUT2D eigenvalue weighted by Crippen LogP contribution is 2.15. The summed E-state index contributed by atoms with van der Waals surface area (Å²) in [7, 11) is 0. The van der Waals surface area contributed by atoms with Crippen molar-refractivity contribution in [3.63, 3.8) is 0 Å². The van der Waals surface area contributed by atoms with E-state index in [0.717, 1.165) is 5.06 Å². The summed E-state index contributed by atoms with van der Waals surface area (Å²) in [4.78, 5) is 27.8. The summed E-state index contributed by atoms with van der Waals surface area (Å²) in [5.74, 6) is -1.73. The fourth-order valence-electron chi connectivity index (χ4n) is 1.60. The summed E-state index contributed by atoms with van der Waals surface area (Å²) < 4.78 is 0. The number of amides is 1. The highest BCUT2D eigenvalue weighted by molar-refractivity contribution is 6.04. The number of carbonyl (C=O) groups excluding carboxylic acids is 1. The molecule has 17 heavy (non-hydrogen) atoms. The molecule has 2 N–H and O–H groups in total. The first-order chi connectivity index (χ1) is 8.09. The van der Waals surface area contributed by atoms with Crippen molar-refractivity contribution in [2.24, 2.45) is 0 Å². The van der Waals surface area contributed by atoms with Gasteiger partial charge in [0.1, 0.15) is 12.7 Å². The molecule has 0 saturated carbocycles. The zero-order valence-electron chi connectivity index (χ0n) is 8.87. The molecule has 2 rings (SSSR count). The molecule has 1 aromatic carbocycles. The molecule has 6 nitrogen and oxygen atoms in total. The van der Waals surface area contributed by atoms with E-state index in [-0.39, 0.29) is 24.3 Å². The van der Waals surface area contributed by atoms with Crippen molar-refractivity contribution < 1.29 is 24.6 Å². The van der Waals surface area contributed by atoms with Crippen LogP contribution in [-0.2, 0) is 4.84 Å². The van der Waals surface area contributed by atoms with Gasteiger partial charge >= 0.3 is 5.97 Å². The van der Waals surface area contributed by atoms with E-state index in [1.54, 1.807) is 12.1 Å². The average Bonchev–Trinajstić information content (AvgIpc) is 2.75. The molecule has 1 unspecified atom stereocenters. The lowest BCUT2D eigenvalue weighted by Gasteiger charge is -2.14. The van der Waals surface area contributed by atoms with Gasteiger partial charge in [-0.25, -0.2) is 9.86 Å². The van der Waals surface area contributed by atoms with Crippen molar-refractivity contribution in [2.75, 3.05) is 13.2 Å². The van der Waals surface area contributed by atoms with E-state index in [4.69, 9.17) is 9.94 Å². The molecule has 0 aromatic heterocycles. The quantitative estimate of drug-likeness (QED) is 0.763. The van der Waals surface area contributed by atoms with Gasteiger partial charge in [-0.3, -0.25) is 9.63 Å². The molecule has 1 aliphatic rings. The maximum atomic E-state index is 11.9. The highest BCUT2D eigenvalue weighted by atomic mass is 16.7. The average molecular weight is 237 g/mol. The number of hydroxylamine groups is 2. The molecule has 0 bridgehead atoms. The Kier molecular flexibility index (Phi) is 3.08. The monoisotopic (exact) mass is 237 g/mol. The lowest BCUT2D eigenvalue weighted by atomic mass is 10.1. The molecular weight excluding hydrogens is 226 g/mol. The van der Waals surface area contributed by atoms with E-state index in [1.807, 2.05) is 0 Å². The number of aliphatic hydroxyl groups is 1. The molecular formula is C11H11NO5. The number of carboxylic acid groups (broad SMARTS) is 1. The second-order valence-corrected chi connectivity index (χ2v) is 3.67. The van der Waals surface area contributed by atoms with Gasteiger partial charge in [0.05, 0.1) is 17.7 Å². The minimum absolute atomic E-state index is 0.0426. The molecule has 1 atom stereocenters. The maximum Gasteiger partial charge on any atom is 0.336 e. The Morgan fingerprint density at radius 3 is 2.47 bits per heavy atom. The van der Waals surface area contributed by atoms with Gasteiger partial charge in [-0.15, -0.1) is 0 Å². The molecule has 0 radical (unpaired) electrons. The SMILES string of the molecule is O=C(O)c1ccccc1C(=O)N1CC(O)CO1. The molecule has 1 aliphatic heterocycles. The largest absolute Gasteiger partial charge is 0.478 e. The Bertz CT molecular complexity index is 459. The van der Waals surface area contributed by atoms with Crippen molar-refractivity contribution in [2.45, 2.75) is 6.10 Å². The first-order valence-corrected chi connectivity index (χ1v) is 5.04. The van der Waals surface area contributed by atoms with Crippen LogP contribution in [0.25, 0.3) is 0 Å². The Morgan fingerprint density at radius 2 is 1.94 bits per heavy atom. The van der Waals surface area contributed by atoms with Crippen LogP contribution >= 0.6 is 0 Å².